The number of fused-ring (bicyclic) bond motifs is 1. The molecule has 2 amide bonds. The summed E-state index contributed by atoms with van der Waals surface area (Å²) in [7, 11) is 0. The Kier molecular flexibility index (Phi) is 4.64. The van der Waals surface area contributed by atoms with Crippen molar-refractivity contribution in [2.45, 2.75) is 38.0 Å². The smallest absolute Gasteiger partial charge is 0.233 e. The summed E-state index contributed by atoms with van der Waals surface area (Å²) in [6, 6.07) is 7.82. The van der Waals surface area contributed by atoms with Crippen molar-refractivity contribution in [2.24, 2.45) is 5.92 Å². The lowest BCUT2D eigenvalue weighted by atomic mass is 9.91. The largest absolute Gasteiger partial charge is 0.492 e. The van der Waals surface area contributed by atoms with Crippen molar-refractivity contribution >= 4 is 11.8 Å². The van der Waals surface area contributed by atoms with Crippen LogP contribution in [0.25, 0.3) is 0 Å². The summed E-state index contributed by atoms with van der Waals surface area (Å²) in [6.45, 7) is 3.82. The molecule has 1 atom stereocenters. The van der Waals surface area contributed by atoms with Gasteiger partial charge >= 0.3 is 0 Å². The van der Waals surface area contributed by atoms with E-state index in [0.29, 0.717) is 24.9 Å². The second-order valence-corrected chi connectivity index (χ2v) is 7.46. The maximum absolute atomic E-state index is 12.9. The molecule has 0 spiro atoms. The number of nitrogens with zero attached hydrogens (tertiary/aromatic N) is 2. The minimum Gasteiger partial charge on any atom is -0.492 e. The lowest BCUT2D eigenvalue weighted by molar-refractivity contribution is -0.135. The molecule has 25 heavy (non-hydrogen) atoms. The zero-order valence-electron chi connectivity index (χ0n) is 14.7. The third kappa shape index (κ3) is 3.37. The molecule has 5 heteroatoms. The number of amides is 2. The molecule has 0 aliphatic carbocycles. The highest BCUT2D eigenvalue weighted by Crippen LogP contribution is 2.35. The van der Waals surface area contributed by atoms with Gasteiger partial charge in [-0.3, -0.25) is 9.59 Å². The van der Waals surface area contributed by atoms with Crippen LogP contribution in [0.3, 0.4) is 0 Å². The van der Waals surface area contributed by atoms with E-state index < -0.39 is 0 Å². The van der Waals surface area contributed by atoms with E-state index in [0.717, 1.165) is 63.2 Å². The molecule has 134 valence electrons. The van der Waals surface area contributed by atoms with Crippen LogP contribution in [-0.4, -0.2) is 54.4 Å². The number of carbonyl (C=O) groups is 2. The lowest BCUT2D eigenvalue weighted by Gasteiger charge is -2.33. The Hall–Kier alpha value is -2.04. The fourth-order valence-electron chi connectivity index (χ4n) is 4.29. The van der Waals surface area contributed by atoms with E-state index in [2.05, 4.69) is 0 Å². The van der Waals surface area contributed by atoms with Gasteiger partial charge in [0.2, 0.25) is 11.8 Å². The number of likely N-dealkylation sites (tertiary alicyclic amines) is 2. The van der Waals surface area contributed by atoms with E-state index in [1.807, 2.05) is 34.1 Å². The first-order valence-corrected chi connectivity index (χ1v) is 9.50. The summed E-state index contributed by atoms with van der Waals surface area (Å²) in [5.74, 6) is 1.57. The van der Waals surface area contributed by atoms with E-state index in [1.165, 1.54) is 0 Å². The predicted octanol–water partition coefficient (Wildman–Crippen LogP) is 2.41. The fraction of sp³-hybridized carbons (Fsp3) is 0.600. The van der Waals surface area contributed by atoms with Crippen LogP contribution in [0.5, 0.6) is 5.75 Å². The van der Waals surface area contributed by atoms with E-state index in [1.54, 1.807) is 0 Å². The quantitative estimate of drug-likeness (QED) is 0.848. The van der Waals surface area contributed by atoms with Gasteiger partial charge in [0.05, 0.1) is 0 Å². The standard InChI is InChI=1S/C20H26N2O3/c23-19(21-9-3-4-10-21)13-15-7-11-22(12-8-15)20(24)17-14-25-18-6-2-1-5-16(17)18/h1-2,5-6,15,17H,3-4,7-14H2. The molecule has 4 rings (SSSR count). The van der Waals surface area contributed by atoms with Gasteiger partial charge in [-0.25, -0.2) is 0 Å². The van der Waals surface area contributed by atoms with Gasteiger partial charge in [-0.15, -0.1) is 0 Å². The molecule has 2 fully saturated rings. The summed E-state index contributed by atoms with van der Waals surface area (Å²) < 4.78 is 5.66. The van der Waals surface area contributed by atoms with Gasteiger partial charge in [-0.05, 0) is 37.7 Å². The lowest BCUT2D eigenvalue weighted by Crippen LogP contribution is -2.42. The summed E-state index contributed by atoms with van der Waals surface area (Å²) in [6.07, 6.45) is 4.80. The average Bonchev–Trinajstić information content (AvgIpc) is 3.32. The number of para-hydroxylation sites is 1. The normalized spacial score (nSPS) is 23.4. The van der Waals surface area contributed by atoms with Gasteiger partial charge in [0, 0.05) is 38.2 Å². The molecule has 1 aromatic rings. The molecular formula is C20H26N2O3. The Bertz CT molecular complexity index is 646. The number of benzene rings is 1. The second-order valence-electron chi connectivity index (χ2n) is 7.46. The molecule has 0 bridgehead atoms. The highest BCUT2D eigenvalue weighted by atomic mass is 16.5. The zero-order valence-corrected chi connectivity index (χ0v) is 14.7. The monoisotopic (exact) mass is 342 g/mol. The first kappa shape index (κ1) is 16.4. The molecule has 0 aromatic heterocycles. The highest BCUT2D eigenvalue weighted by Gasteiger charge is 2.35. The molecule has 1 aromatic carbocycles. The number of rotatable bonds is 3. The van der Waals surface area contributed by atoms with Crippen molar-refractivity contribution in [1.29, 1.82) is 0 Å². The van der Waals surface area contributed by atoms with E-state index in [9.17, 15) is 9.59 Å². The number of hydrogen-bond acceptors (Lipinski definition) is 3. The number of carbonyl (C=O) groups excluding carboxylic acids is 2. The van der Waals surface area contributed by atoms with Crippen molar-refractivity contribution in [1.82, 2.24) is 9.80 Å². The van der Waals surface area contributed by atoms with Gasteiger partial charge in [0.1, 0.15) is 18.3 Å². The summed E-state index contributed by atoms with van der Waals surface area (Å²) in [4.78, 5) is 29.1. The van der Waals surface area contributed by atoms with Gasteiger partial charge in [0.25, 0.3) is 0 Å². The molecule has 5 nitrogen and oxygen atoms in total. The number of hydrogen-bond donors (Lipinski definition) is 0. The molecule has 0 radical (unpaired) electrons. The van der Waals surface area contributed by atoms with Crippen LogP contribution < -0.4 is 4.74 Å². The van der Waals surface area contributed by atoms with Crippen molar-refractivity contribution in [3.8, 4) is 5.75 Å². The Labute approximate surface area is 148 Å². The van der Waals surface area contributed by atoms with Crippen LogP contribution in [-0.2, 0) is 9.59 Å². The summed E-state index contributed by atoms with van der Waals surface area (Å²) in [5, 5.41) is 0. The molecule has 0 N–H and O–H groups in total. The van der Waals surface area contributed by atoms with Gasteiger partial charge in [0.15, 0.2) is 0 Å². The predicted molar refractivity (Wildman–Crippen MR) is 94.4 cm³/mol. The van der Waals surface area contributed by atoms with Gasteiger partial charge in [-0.1, -0.05) is 18.2 Å². The zero-order chi connectivity index (χ0) is 17.2. The van der Waals surface area contributed by atoms with Crippen LogP contribution in [0, 0.1) is 5.92 Å². The van der Waals surface area contributed by atoms with Crippen LogP contribution >= 0.6 is 0 Å². The SMILES string of the molecule is O=C(CC1CCN(C(=O)C2COc3ccccc32)CC1)N1CCCC1. The van der Waals surface area contributed by atoms with Crippen LogP contribution in [0.4, 0.5) is 0 Å². The number of piperidine rings is 1. The Balaban J connectivity index is 1.30. The van der Waals surface area contributed by atoms with Crippen LogP contribution in [0.1, 0.15) is 43.6 Å². The molecule has 0 saturated carbocycles. The van der Waals surface area contributed by atoms with Crippen molar-refractivity contribution in [3.63, 3.8) is 0 Å². The third-order valence-corrected chi connectivity index (χ3v) is 5.85. The van der Waals surface area contributed by atoms with Crippen LogP contribution in [0.15, 0.2) is 24.3 Å². The topological polar surface area (TPSA) is 49.9 Å². The molecule has 1 unspecified atom stereocenters. The summed E-state index contributed by atoms with van der Waals surface area (Å²) in [5.41, 5.74) is 1.01. The van der Waals surface area contributed by atoms with Crippen molar-refractivity contribution < 1.29 is 14.3 Å². The molecule has 2 saturated heterocycles. The fourth-order valence-corrected chi connectivity index (χ4v) is 4.29. The van der Waals surface area contributed by atoms with Gasteiger partial charge < -0.3 is 14.5 Å². The third-order valence-electron chi connectivity index (χ3n) is 5.85. The van der Waals surface area contributed by atoms with E-state index >= 15 is 0 Å². The van der Waals surface area contributed by atoms with E-state index in [-0.39, 0.29) is 11.8 Å². The first-order chi connectivity index (χ1) is 12.2. The van der Waals surface area contributed by atoms with Crippen molar-refractivity contribution in [3.05, 3.63) is 29.8 Å². The first-order valence-electron chi connectivity index (χ1n) is 9.50. The van der Waals surface area contributed by atoms with E-state index in [4.69, 9.17) is 4.74 Å². The maximum Gasteiger partial charge on any atom is 0.233 e. The molecule has 3 heterocycles. The Morgan fingerprint density at radius 1 is 1.00 bits per heavy atom. The Morgan fingerprint density at radius 2 is 1.72 bits per heavy atom. The average molecular weight is 342 g/mol. The van der Waals surface area contributed by atoms with Crippen molar-refractivity contribution in [2.75, 3.05) is 32.8 Å². The molecule has 3 aliphatic heterocycles. The minimum atomic E-state index is -0.168. The molecule has 3 aliphatic rings. The second kappa shape index (κ2) is 7.06. The Morgan fingerprint density at radius 3 is 2.48 bits per heavy atom. The minimum absolute atomic E-state index is 0.168. The van der Waals surface area contributed by atoms with Gasteiger partial charge in [-0.2, -0.15) is 0 Å². The maximum atomic E-state index is 12.9. The molecular weight excluding hydrogens is 316 g/mol. The van der Waals surface area contributed by atoms with Crippen LogP contribution in [0.2, 0.25) is 0 Å². The number of ether oxygens (including phenoxy) is 1. The highest BCUT2D eigenvalue weighted by molar-refractivity contribution is 5.85. The summed E-state index contributed by atoms with van der Waals surface area (Å²) >= 11 is 0.